The Balaban J connectivity index is 0. The third-order valence-electron chi connectivity index (χ3n) is 5.33. The van der Waals surface area contributed by atoms with Crippen molar-refractivity contribution in [3.05, 3.63) is 0 Å². The Morgan fingerprint density at radius 3 is 1.65 bits per heavy atom. The lowest BCUT2D eigenvalue weighted by Gasteiger charge is -2.34. The molecule has 1 aliphatic rings. The molecular formula is C21H48N2. The van der Waals surface area contributed by atoms with Gasteiger partial charge in [-0.2, -0.15) is 0 Å². The Bertz CT molecular complexity index is 235. The highest BCUT2D eigenvalue weighted by molar-refractivity contribution is 4.83. The third-order valence-corrected chi connectivity index (χ3v) is 5.33. The Morgan fingerprint density at radius 1 is 0.957 bits per heavy atom. The monoisotopic (exact) mass is 328 g/mol. The maximum atomic E-state index is 5.73. The summed E-state index contributed by atoms with van der Waals surface area (Å²) < 4.78 is 0. The van der Waals surface area contributed by atoms with Gasteiger partial charge >= 0.3 is 0 Å². The van der Waals surface area contributed by atoms with E-state index >= 15 is 0 Å². The highest BCUT2D eigenvalue weighted by atomic mass is 14.7. The topological polar surface area (TPSA) is 52.0 Å². The van der Waals surface area contributed by atoms with Crippen molar-refractivity contribution in [3.8, 4) is 0 Å². The van der Waals surface area contributed by atoms with Crippen LogP contribution in [0.1, 0.15) is 100 Å². The molecule has 23 heavy (non-hydrogen) atoms. The van der Waals surface area contributed by atoms with Crippen molar-refractivity contribution >= 4 is 0 Å². The van der Waals surface area contributed by atoms with Crippen LogP contribution in [-0.2, 0) is 0 Å². The maximum Gasteiger partial charge on any atom is 0.00441 e. The van der Waals surface area contributed by atoms with Gasteiger partial charge in [-0.05, 0) is 55.4 Å². The summed E-state index contributed by atoms with van der Waals surface area (Å²) in [4.78, 5) is 0. The Labute approximate surface area is 148 Å². The molecule has 4 N–H and O–H groups in total. The van der Waals surface area contributed by atoms with Crippen LogP contribution >= 0.6 is 0 Å². The van der Waals surface area contributed by atoms with Gasteiger partial charge in [0, 0.05) is 6.04 Å². The summed E-state index contributed by atoms with van der Waals surface area (Å²) in [7, 11) is 0. The summed E-state index contributed by atoms with van der Waals surface area (Å²) in [6.07, 6.45) is 9.12. The highest BCUT2D eigenvalue weighted by Gasteiger charge is 2.27. The first-order valence-corrected chi connectivity index (χ1v) is 10.2. The number of hydrogen-bond acceptors (Lipinski definition) is 2. The third kappa shape index (κ3) is 12.0. The molecule has 0 spiro atoms. The molecule has 1 unspecified atom stereocenters. The quantitative estimate of drug-likeness (QED) is 0.603. The number of rotatable bonds is 7. The van der Waals surface area contributed by atoms with Crippen LogP contribution in [-0.4, -0.2) is 12.6 Å². The van der Waals surface area contributed by atoms with Gasteiger partial charge in [-0.25, -0.2) is 0 Å². The summed E-state index contributed by atoms with van der Waals surface area (Å²) in [5.74, 6) is 2.72. The van der Waals surface area contributed by atoms with Crippen LogP contribution < -0.4 is 11.5 Å². The lowest BCUT2D eigenvalue weighted by molar-refractivity contribution is 0.209. The van der Waals surface area contributed by atoms with Crippen molar-refractivity contribution in [1.82, 2.24) is 0 Å². The van der Waals surface area contributed by atoms with E-state index in [2.05, 4.69) is 41.5 Å². The zero-order valence-electron chi connectivity index (χ0n) is 17.6. The normalized spacial score (nSPS) is 21.5. The van der Waals surface area contributed by atoms with Crippen LogP contribution in [0, 0.1) is 23.2 Å². The fraction of sp³-hybridized carbons (Fsp3) is 1.00. The van der Waals surface area contributed by atoms with E-state index in [9.17, 15) is 0 Å². The molecule has 0 aromatic rings. The largest absolute Gasteiger partial charge is 0.330 e. The Morgan fingerprint density at radius 2 is 1.43 bits per heavy atom. The van der Waals surface area contributed by atoms with E-state index in [1.54, 1.807) is 0 Å². The lowest BCUT2D eigenvalue weighted by atomic mass is 9.75. The van der Waals surface area contributed by atoms with Crippen molar-refractivity contribution in [3.63, 3.8) is 0 Å². The van der Waals surface area contributed by atoms with Gasteiger partial charge in [0.05, 0.1) is 0 Å². The molecule has 1 fully saturated rings. The van der Waals surface area contributed by atoms with Crippen LogP contribution in [0.25, 0.3) is 0 Å². The van der Waals surface area contributed by atoms with Gasteiger partial charge in [0.2, 0.25) is 0 Å². The minimum absolute atomic E-state index is 0.439. The van der Waals surface area contributed by atoms with Crippen molar-refractivity contribution < 1.29 is 0 Å². The average Bonchev–Trinajstić information content (AvgIpc) is 2.49. The van der Waals surface area contributed by atoms with Gasteiger partial charge < -0.3 is 11.5 Å². The van der Waals surface area contributed by atoms with Gasteiger partial charge in [-0.3, -0.25) is 0 Å². The van der Waals surface area contributed by atoms with E-state index in [0.717, 1.165) is 24.3 Å². The van der Waals surface area contributed by atoms with E-state index in [-0.39, 0.29) is 0 Å². The highest BCUT2D eigenvalue weighted by Crippen LogP contribution is 2.33. The Kier molecular flexibility index (Phi) is 15.6. The van der Waals surface area contributed by atoms with Gasteiger partial charge in [0.25, 0.3) is 0 Å². The first-order chi connectivity index (χ1) is 10.8. The minimum atomic E-state index is 0.439. The van der Waals surface area contributed by atoms with E-state index in [1.165, 1.54) is 44.9 Å². The molecule has 0 heterocycles. The van der Waals surface area contributed by atoms with E-state index in [0.29, 0.717) is 11.5 Å². The summed E-state index contributed by atoms with van der Waals surface area (Å²) in [5, 5.41) is 0. The number of nitrogens with two attached hydrogens (primary N) is 2. The smallest absolute Gasteiger partial charge is 0.00441 e. The second kappa shape index (κ2) is 14.3. The molecule has 142 valence electrons. The molecule has 2 heteroatoms. The fourth-order valence-electron chi connectivity index (χ4n) is 3.52. The van der Waals surface area contributed by atoms with Gasteiger partial charge in [0.15, 0.2) is 0 Å². The molecule has 0 aromatic carbocycles. The first kappa shape index (κ1) is 25.2. The van der Waals surface area contributed by atoms with Gasteiger partial charge in [-0.1, -0.05) is 74.7 Å². The van der Waals surface area contributed by atoms with E-state index < -0.39 is 0 Å². The van der Waals surface area contributed by atoms with Crippen molar-refractivity contribution in [2.45, 2.75) is 106 Å². The standard InChI is InChI=1S/C10H21N.C9H21N.C2H6/c1-3-8(4-2)5-9-6-10(11)7-9;1-5-8(6-7-10)9(2,3)4;1-2/h8-10H,3-7,11H2,1-2H3;8H,5-7,10H2,1-4H3;1-2H3. The molecule has 1 atom stereocenters. The molecule has 1 saturated carbocycles. The van der Waals surface area contributed by atoms with Crippen molar-refractivity contribution in [1.29, 1.82) is 0 Å². The van der Waals surface area contributed by atoms with Crippen LogP contribution in [0.3, 0.4) is 0 Å². The molecule has 0 aliphatic heterocycles. The second-order valence-corrected chi connectivity index (χ2v) is 8.06. The lowest BCUT2D eigenvalue weighted by Crippen LogP contribution is -2.37. The zero-order chi connectivity index (χ0) is 18.5. The predicted octanol–water partition coefficient (Wildman–Crippen LogP) is 5.98. The van der Waals surface area contributed by atoms with Gasteiger partial charge in [0.1, 0.15) is 0 Å². The van der Waals surface area contributed by atoms with Crippen LogP contribution in [0.4, 0.5) is 0 Å². The molecule has 0 amide bonds. The summed E-state index contributed by atoms with van der Waals surface area (Å²) in [6.45, 7) is 18.5. The SMILES string of the molecule is CC.CCC(CC)CC1CC(N)C1.CCC(CCN)C(C)(C)C. The summed E-state index contributed by atoms with van der Waals surface area (Å²) >= 11 is 0. The van der Waals surface area contributed by atoms with Crippen LogP contribution in [0.15, 0.2) is 0 Å². The Hall–Kier alpha value is -0.0800. The minimum Gasteiger partial charge on any atom is -0.330 e. The molecule has 2 nitrogen and oxygen atoms in total. The van der Waals surface area contributed by atoms with Gasteiger partial charge in [-0.15, -0.1) is 0 Å². The van der Waals surface area contributed by atoms with E-state index in [1.807, 2.05) is 13.8 Å². The van der Waals surface area contributed by atoms with E-state index in [4.69, 9.17) is 11.5 Å². The van der Waals surface area contributed by atoms with Crippen molar-refractivity contribution in [2.24, 2.45) is 34.6 Å². The second-order valence-electron chi connectivity index (χ2n) is 8.06. The summed E-state index contributed by atoms with van der Waals surface area (Å²) in [5.41, 5.74) is 11.7. The number of hydrogen-bond donors (Lipinski definition) is 2. The molecule has 1 aliphatic carbocycles. The molecule has 0 saturated heterocycles. The molecule has 0 aromatic heterocycles. The van der Waals surface area contributed by atoms with Crippen LogP contribution in [0.2, 0.25) is 0 Å². The average molecular weight is 329 g/mol. The molecule has 0 bridgehead atoms. The summed E-state index contributed by atoms with van der Waals surface area (Å²) in [6, 6.07) is 0.536. The molecule has 1 rings (SSSR count). The predicted molar refractivity (Wildman–Crippen MR) is 108 cm³/mol. The molecule has 0 radical (unpaired) electrons. The molecular weight excluding hydrogens is 280 g/mol. The first-order valence-electron chi connectivity index (χ1n) is 10.2. The zero-order valence-corrected chi connectivity index (χ0v) is 17.6. The fourth-order valence-corrected chi connectivity index (χ4v) is 3.52. The van der Waals surface area contributed by atoms with Crippen LogP contribution in [0.5, 0.6) is 0 Å². The maximum absolute atomic E-state index is 5.73. The van der Waals surface area contributed by atoms with Crippen molar-refractivity contribution in [2.75, 3.05) is 6.54 Å².